The van der Waals surface area contributed by atoms with E-state index in [1.165, 1.54) is 10.4 Å². The lowest BCUT2D eigenvalue weighted by Crippen LogP contribution is -2.34. The van der Waals surface area contributed by atoms with E-state index in [0.717, 1.165) is 6.42 Å². The second kappa shape index (κ2) is 6.17. The summed E-state index contributed by atoms with van der Waals surface area (Å²) in [6.45, 7) is 6.65. The van der Waals surface area contributed by atoms with E-state index in [2.05, 4.69) is 23.7 Å². The number of carbonyl (C=O) groups is 1. The zero-order chi connectivity index (χ0) is 12.9. The number of thiophene rings is 1. The summed E-state index contributed by atoms with van der Waals surface area (Å²) in [6.07, 6.45) is 2.23. The number of amides is 1. The third-order valence-corrected chi connectivity index (χ3v) is 3.62. The smallest absolute Gasteiger partial charge is 0.220 e. The molecule has 0 fully saturated rings. The Morgan fingerprint density at radius 3 is 2.82 bits per heavy atom. The molecular formula is C13H22N2OS. The first-order valence-corrected chi connectivity index (χ1v) is 6.91. The van der Waals surface area contributed by atoms with E-state index in [0.29, 0.717) is 19.4 Å². The van der Waals surface area contributed by atoms with Crippen LogP contribution in [0.3, 0.4) is 0 Å². The first-order chi connectivity index (χ1) is 7.92. The quantitative estimate of drug-likeness (QED) is 0.819. The number of carbonyl (C=O) groups excluding carboxylic acids is 1. The Kier molecular flexibility index (Phi) is 5.15. The molecule has 0 bridgehead atoms. The maximum atomic E-state index is 11.6. The van der Waals surface area contributed by atoms with Crippen LogP contribution in [0.5, 0.6) is 0 Å². The molecule has 0 spiro atoms. The monoisotopic (exact) mass is 254 g/mol. The van der Waals surface area contributed by atoms with Crippen molar-refractivity contribution >= 4 is 17.2 Å². The highest BCUT2D eigenvalue weighted by Crippen LogP contribution is 2.17. The number of nitrogens with one attached hydrogen (secondary N) is 1. The molecule has 3 nitrogen and oxygen atoms in total. The van der Waals surface area contributed by atoms with Crippen molar-refractivity contribution in [3.05, 3.63) is 21.9 Å². The molecule has 3 N–H and O–H groups in total. The van der Waals surface area contributed by atoms with Gasteiger partial charge in [0.05, 0.1) is 6.54 Å². The van der Waals surface area contributed by atoms with Gasteiger partial charge in [-0.25, -0.2) is 0 Å². The predicted octanol–water partition coefficient (Wildman–Crippen LogP) is 2.44. The van der Waals surface area contributed by atoms with Crippen LogP contribution in [0.15, 0.2) is 11.4 Å². The molecule has 1 heterocycles. The summed E-state index contributed by atoms with van der Waals surface area (Å²) in [5.41, 5.74) is 6.90. The fraction of sp³-hybridized carbons (Fsp3) is 0.615. The summed E-state index contributed by atoms with van der Waals surface area (Å²) in [7, 11) is 0. The summed E-state index contributed by atoms with van der Waals surface area (Å²) in [5, 5.41) is 5.02. The maximum Gasteiger partial charge on any atom is 0.220 e. The lowest BCUT2D eigenvalue weighted by molar-refractivity contribution is -0.121. The molecule has 96 valence electrons. The fourth-order valence-electron chi connectivity index (χ4n) is 1.54. The van der Waals surface area contributed by atoms with E-state index in [9.17, 15) is 4.79 Å². The molecule has 0 aliphatic heterocycles. The van der Waals surface area contributed by atoms with Gasteiger partial charge in [-0.05, 0) is 43.7 Å². The first kappa shape index (κ1) is 14.2. The molecule has 0 saturated heterocycles. The Bertz CT molecular complexity index is 366. The van der Waals surface area contributed by atoms with Crippen LogP contribution in [0, 0.1) is 0 Å². The average Bonchev–Trinajstić information content (AvgIpc) is 2.69. The topological polar surface area (TPSA) is 55.1 Å². The molecule has 0 radical (unpaired) electrons. The SMILES string of the molecule is CCc1ccsc1CNC(=O)CCC(C)(C)N. The van der Waals surface area contributed by atoms with Gasteiger partial charge in [0.2, 0.25) is 5.91 Å². The van der Waals surface area contributed by atoms with Gasteiger partial charge in [-0.1, -0.05) is 6.92 Å². The lowest BCUT2D eigenvalue weighted by Gasteiger charge is -2.17. The van der Waals surface area contributed by atoms with Gasteiger partial charge in [-0.3, -0.25) is 4.79 Å². The van der Waals surface area contributed by atoms with Crippen LogP contribution in [-0.4, -0.2) is 11.4 Å². The fourth-order valence-corrected chi connectivity index (χ4v) is 2.46. The summed E-state index contributed by atoms with van der Waals surface area (Å²) in [6, 6.07) is 2.12. The van der Waals surface area contributed by atoms with Gasteiger partial charge >= 0.3 is 0 Å². The second-order valence-corrected chi connectivity index (χ2v) is 5.99. The van der Waals surface area contributed by atoms with Gasteiger partial charge in [0.15, 0.2) is 0 Å². The van der Waals surface area contributed by atoms with Crippen LogP contribution >= 0.6 is 11.3 Å². The first-order valence-electron chi connectivity index (χ1n) is 6.03. The van der Waals surface area contributed by atoms with E-state index >= 15 is 0 Å². The Hall–Kier alpha value is -0.870. The number of aryl methyl sites for hydroxylation is 1. The van der Waals surface area contributed by atoms with Gasteiger partial charge in [0.1, 0.15) is 0 Å². The Balaban J connectivity index is 2.33. The second-order valence-electron chi connectivity index (χ2n) is 4.99. The van der Waals surface area contributed by atoms with Gasteiger partial charge in [0, 0.05) is 16.8 Å². The molecule has 1 aromatic heterocycles. The van der Waals surface area contributed by atoms with Crippen LogP contribution in [-0.2, 0) is 17.8 Å². The predicted molar refractivity (Wildman–Crippen MR) is 73.0 cm³/mol. The molecule has 1 amide bonds. The zero-order valence-electron chi connectivity index (χ0n) is 10.9. The lowest BCUT2D eigenvalue weighted by atomic mass is 10.00. The van der Waals surface area contributed by atoms with Crippen molar-refractivity contribution in [3.63, 3.8) is 0 Å². The summed E-state index contributed by atoms with van der Waals surface area (Å²) in [4.78, 5) is 12.9. The van der Waals surface area contributed by atoms with Gasteiger partial charge in [-0.15, -0.1) is 11.3 Å². The van der Waals surface area contributed by atoms with E-state index in [-0.39, 0.29) is 11.4 Å². The number of hydrogen-bond acceptors (Lipinski definition) is 3. The van der Waals surface area contributed by atoms with Crippen LogP contribution in [0.4, 0.5) is 0 Å². The molecule has 0 aliphatic rings. The Labute approximate surface area is 107 Å². The number of rotatable bonds is 6. The van der Waals surface area contributed by atoms with Crippen molar-refractivity contribution in [1.29, 1.82) is 0 Å². The van der Waals surface area contributed by atoms with Gasteiger partial charge in [-0.2, -0.15) is 0 Å². The highest BCUT2D eigenvalue weighted by molar-refractivity contribution is 7.10. The van der Waals surface area contributed by atoms with Crippen molar-refractivity contribution in [1.82, 2.24) is 5.32 Å². The molecule has 1 aromatic rings. The zero-order valence-corrected chi connectivity index (χ0v) is 11.7. The van der Waals surface area contributed by atoms with Gasteiger partial charge in [0.25, 0.3) is 0 Å². The Morgan fingerprint density at radius 2 is 2.24 bits per heavy atom. The molecule has 17 heavy (non-hydrogen) atoms. The van der Waals surface area contributed by atoms with Crippen molar-refractivity contribution < 1.29 is 4.79 Å². The molecule has 1 rings (SSSR count). The van der Waals surface area contributed by atoms with E-state index in [1.807, 2.05) is 13.8 Å². The molecule has 0 atom stereocenters. The molecule has 4 heteroatoms. The molecule has 0 aromatic carbocycles. The normalized spacial score (nSPS) is 11.5. The summed E-state index contributed by atoms with van der Waals surface area (Å²) in [5.74, 6) is 0.0824. The standard InChI is InChI=1S/C13H22N2OS/c1-4-10-6-8-17-11(10)9-15-12(16)5-7-13(2,3)14/h6,8H,4-5,7,9,14H2,1-3H3,(H,15,16). The number of nitrogens with two attached hydrogens (primary N) is 1. The van der Waals surface area contributed by atoms with Crippen molar-refractivity contribution in [2.45, 2.75) is 52.1 Å². The minimum atomic E-state index is -0.269. The minimum absolute atomic E-state index is 0.0824. The highest BCUT2D eigenvalue weighted by atomic mass is 32.1. The third kappa shape index (κ3) is 5.33. The van der Waals surface area contributed by atoms with Gasteiger partial charge < -0.3 is 11.1 Å². The molecule has 0 saturated carbocycles. The minimum Gasteiger partial charge on any atom is -0.351 e. The van der Waals surface area contributed by atoms with Crippen LogP contribution in [0.2, 0.25) is 0 Å². The number of hydrogen-bond donors (Lipinski definition) is 2. The van der Waals surface area contributed by atoms with Crippen LogP contribution in [0.1, 0.15) is 44.1 Å². The molecule has 0 aliphatic carbocycles. The van der Waals surface area contributed by atoms with E-state index in [1.54, 1.807) is 11.3 Å². The summed E-state index contributed by atoms with van der Waals surface area (Å²) < 4.78 is 0. The van der Waals surface area contributed by atoms with Crippen molar-refractivity contribution in [2.75, 3.05) is 0 Å². The Morgan fingerprint density at radius 1 is 1.53 bits per heavy atom. The van der Waals surface area contributed by atoms with E-state index < -0.39 is 0 Å². The maximum absolute atomic E-state index is 11.6. The molecule has 0 unspecified atom stereocenters. The average molecular weight is 254 g/mol. The van der Waals surface area contributed by atoms with Crippen LogP contribution < -0.4 is 11.1 Å². The van der Waals surface area contributed by atoms with Crippen molar-refractivity contribution in [2.24, 2.45) is 5.73 Å². The van der Waals surface area contributed by atoms with Crippen molar-refractivity contribution in [3.8, 4) is 0 Å². The van der Waals surface area contributed by atoms with E-state index in [4.69, 9.17) is 5.73 Å². The summed E-state index contributed by atoms with van der Waals surface area (Å²) >= 11 is 1.70. The van der Waals surface area contributed by atoms with Crippen LogP contribution in [0.25, 0.3) is 0 Å². The molecular weight excluding hydrogens is 232 g/mol. The third-order valence-electron chi connectivity index (χ3n) is 2.66. The largest absolute Gasteiger partial charge is 0.351 e. The highest BCUT2D eigenvalue weighted by Gasteiger charge is 2.13.